The van der Waals surface area contributed by atoms with Crippen molar-refractivity contribution < 1.29 is 28.9 Å². The maximum absolute atomic E-state index is 13.1. The van der Waals surface area contributed by atoms with Crippen LogP contribution >= 0.6 is 11.6 Å². The lowest BCUT2D eigenvalue weighted by Gasteiger charge is -2.52. The quantitative estimate of drug-likeness (QED) is 0.486. The van der Waals surface area contributed by atoms with Crippen LogP contribution in [0.15, 0.2) is 35.4 Å². The zero-order chi connectivity index (χ0) is 24.0. The monoisotopic (exact) mass is 476 g/mol. The van der Waals surface area contributed by atoms with Crippen molar-refractivity contribution in [1.29, 1.82) is 0 Å². The number of fused-ring (bicyclic) bond motifs is 4. The molecule has 1 aliphatic carbocycles. The summed E-state index contributed by atoms with van der Waals surface area (Å²) in [5.74, 6) is -0.800. The molecular formula is C26H33ClO6. The molecule has 7 heteroatoms. The number of hydrogen-bond acceptors (Lipinski definition) is 6. The summed E-state index contributed by atoms with van der Waals surface area (Å²) >= 11 is 6.38. The highest BCUT2D eigenvalue weighted by Crippen LogP contribution is 2.63. The summed E-state index contributed by atoms with van der Waals surface area (Å²) in [6.07, 6.45) is 2.85. The van der Waals surface area contributed by atoms with Crippen molar-refractivity contribution in [2.75, 3.05) is 6.61 Å². The maximum Gasteiger partial charge on any atom is 0.350 e. The average Bonchev–Trinajstić information content (AvgIpc) is 3.30. The number of halogens is 1. The Bertz CT molecular complexity index is 930. The van der Waals surface area contributed by atoms with E-state index in [1.165, 1.54) is 0 Å². The van der Waals surface area contributed by atoms with Gasteiger partial charge in [-0.25, -0.2) is 9.59 Å². The fraction of sp³-hybridized carbons (Fsp3) is 0.615. The summed E-state index contributed by atoms with van der Waals surface area (Å²) in [7, 11) is 0. The SMILES string of the molecule is CC1CCC2C1C(OC(=O)/C(Cl)=C/c1ccccc1)C1(C(C)C)CC(OC(=O)CO)C2(C)O1. The van der Waals surface area contributed by atoms with Crippen LogP contribution in [0.4, 0.5) is 0 Å². The van der Waals surface area contributed by atoms with Crippen LogP contribution in [0.1, 0.15) is 52.5 Å². The summed E-state index contributed by atoms with van der Waals surface area (Å²) in [6.45, 7) is 7.59. The lowest BCUT2D eigenvalue weighted by molar-refractivity contribution is -0.264. The first-order valence-electron chi connectivity index (χ1n) is 11.8. The third-order valence-corrected chi connectivity index (χ3v) is 8.34. The van der Waals surface area contributed by atoms with Gasteiger partial charge in [0, 0.05) is 12.3 Å². The van der Waals surface area contributed by atoms with Gasteiger partial charge < -0.3 is 19.3 Å². The van der Waals surface area contributed by atoms with Gasteiger partial charge in [0.1, 0.15) is 35.0 Å². The fourth-order valence-corrected chi connectivity index (χ4v) is 6.54. The van der Waals surface area contributed by atoms with Crippen LogP contribution in [-0.4, -0.2) is 47.1 Å². The van der Waals surface area contributed by atoms with Gasteiger partial charge in [0.25, 0.3) is 0 Å². The highest BCUT2D eigenvalue weighted by molar-refractivity contribution is 6.43. The minimum atomic E-state index is -0.811. The number of benzene rings is 1. The molecule has 2 bridgehead atoms. The van der Waals surface area contributed by atoms with Gasteiger partial charge in [-0.1, -0.05) is 62.7 Å². The number of rotatable bonds is 6. The van der Waals surface area contributed by atoms with Gasteiger partial charge in [-0.05, 0) is 49.2 Å². The molecule has 4 rings (SSSR count). The maximum atomic E-state index is 13.1. The molecular weight excluding hydrogens is 444 g/mol. The van der Waals surface area contributed by atoms with E-state index < -0.39 is 42.0 Å². The second-order valence-electron chi connectivity index (χ2n) is 10.2. The van der Waals surface area contributed by atoms with Crippen molar-refractivity contribution in [3.8, 4) is 0 Å². The predicted octanol–water partition coefficient (Wildman–Crippen LogP) is 4.33. The lowest BCUT2D eigenvalue weighted by atomic mass is 9.69. The van der Waals surface area contributed by atoms with E-state index in [1.807, 2.05) is 51.1 Å². The summed E-state index contributed by atoms with van der Waals surface area (Å²) in [5.41, 5.74) is -0.694. The number of carbonyl (C=O) groups is 2. The van der Waals surface area contributed by atoms with E-state index in [1.54, 1.807) is 6.08 Å². The molecule has 0 spiro atoms. The number of esters is 2. The molecule has 1 aromatic rings. The molecule has 3 aliphatic rings. The standard InChI is InChI=1S/C26H33ClO6/c1-15(2)26-13-20(31-21(29)14-28)25(4,33-26)18-11-10-16(3)22(18)23(26)32-24(30)19(27)12-17-8-6-5-7-9-17/h5-9,12,15-16,18,20,22-23,28H,10-11,13-14H2,1-4H3/b19-12-. The zero-order valence-corrected chi connectivity index (χ0v) is 20.4. The van der Waals surface area contributed by atoms with Crippen molar-refractivity contribution >= 4 is 29.6 Å². The first kappa shape index (κ1) is 24.2. The topological polar surface area (TPSA) is 82.1 Å². The molecule has 180 valence electrons. The molecule has 7 atom stereocenters. The van der Waals surface area contributed by atoms with Gasteiger partial charge in [-0.3, -0.25) is 0 Å². The van der Waals surface area contributed by atoms with Crippen LogP contribution in [-0.2, 0) is 23.8 Å². The van der Waals surface area contributed by atoms with Crippen LogP contribution in [0.3, 0.4) is 0 Å². The number of aliphatic hydroxyl groups is 1. The van der Waals surface area contributed by atoms with Crippen molar-refractivity contribution in [2.45, 2.75) is 70.4 Å². The molecule has 0 radical (unpaired) electrons. The summed E-state index contributed by atoms with van der Waals surface area (Å²) < 4.78 is 18.6. The van der Waals surface area contributed by atoms with Crippen molar-refractivity contribution in [3.05, 3.63) is 40.9 Å². The van der Waals surface area contributed by atoms with Gasteiger partial charge in [0.05, 0.1) is 0 Å². The van der Waals surface area contributed by atoms with E-state index in [0.717, 1.165) is 18.4 Å². The molecule has 0 aromatic heterocycles. The Morgan fingerprint density at radius 3 is 2.58 bits per heavy atom. The van der Waals surface area contributed by atoms with E-state index in [0.29, 0.717) is 12.3 Å². The Kier molecular flexibility index (Phi) is 6.64. The van der Waals surface area contributed by atoms with Crippen LogP contribution < -0.4 is 0 Å². The van der Waals surface area contributed by atoms with Crippen LogP contribution in [0.2, 0.25) is 0 Å². The minimum absolute atomic E-state index is 0.00178. The average molecular weight is 477 g/mol. The Labute approximate surface area is 200 Å². The number of hydrogen-bond donors (Lipinski definition) is 1. The van der Waals surface area contributed by atoms with Gasteiger partial charge in [0.15, 0.2) is 0 Å². The fourth-order valence-electron chi connectivity index (χ4n) is 6.37. The van der Waals surface area contributed by atoms with Gasteiger partial charge in [-0.2, -0.15) is 0 Å². The van der Waals surface area contributed by atoms with Crippen LogP contribution in [0.5, 0.6) is 0 Å². The van der Waals surface area contributed by atoms with Crippen molar-refractivity contribution in [2.24, 2.45) is 23.7 Å². The molecule has 1 aromatic carbocycles. The molecule has 1 N–H and O–H groups in total. The largest absolute Gasteiger partial charge is 0.457 e. The van der Waals surface area contributed by atoms with Crippen molar-refractivity contribution in [1.82, 2.24) is 0 Å². The normalized spacial score (nSPS) is 37.7. The first-order chi connectivity index (χ1) is 15.6. The second kappa shape index (κ2) is 9.05. The third kappa shape index (κ3) is 4.11. The molecule has 2 heterocycles. The second-order valence-corrected chi connectivity index (χ2v) is 10.6. The van der Waals surface area contributed by atoms with Gasteiger partial charge in [-0.15, -0.1) is 0 Å². The van der Waals surface area contributed by atoms with E-state index in [2.05, 4.69) is 6.92 Å². The molecule has 2 aliphatic heterocycles. The highest BCUT2D eigenvalue weighted by Gasteiger charge is 2.72. The Hall–Kier alpha value is -1.89. The van der Waals surface area contributed by atoms with Crippen LogP contribution in [0.25, 0.3) is 6.08 Å². The van der Waals surface area contributed by atoms with E-state index >= 15 is 0 Å². The Balaban J connectivity index is 1.68. The minimum Gasteiger partial charge on any atom is -0.457 e. The molecule has 33 heavy (non-hydrogen) atoms. The third-order valence-electron chi connectivity index (χ3n) is 8.08. The summed E-state index contributed by atoms with van der Waals surface area (Å²) in [4.78, 5) is 25.2. The smallest absolute Gasteiger partial charge is 0.350 e. The predicted molar refractivity (Wildman–Crippen MR) is 124 cm³/mol. The molecule has 7 unspecified atom stereocenters. The zero-order valence-electron chi connectivity index (χ0n) is 19.6. The highest BCUT2D eigenvalue weighted by atomic mass is 35.5. The van der Waals surface area contributed by atoms with Crippen molar-refractivity contribution in [3.63, 3.8) is 0 Å². The number of ether oxygens (including phenoxy) is 3. The van der Waals surface area contributed by atoms with E-state index in [9.17, 15) is 14.7 Å². The molecule has 1 saturated carbocycles. The molecule has 2 saturated heterocycles. The number of carbonyl (C=O) groups excluding carboxylic acids is 2. The Morgan fingerprint density at radius 2 is 1.94 bits per heavy atom. The summed E-state index contributed by atoms with van der Waals surface area (Å²) in [5, 5.41) is 9.28. The lowest BCUT2D eigenvalue weighted by Crippen LogP contribution is -2.62. The molecule has 0 amide bonds. The molecule has 6 nitrogen and oxygen atoms in total. The number of aliphatic hydroxyl groups excluding tert-OH is 1. The summed E-state index contributed by atoms with van der Waals surface area (Å²) in [6, 6.07) is 9.39. The van der Waals surface area contributed by atoms with Gasteiger partial charge >= 0.3 is 11.9 Å². The molecule has 3 fully saturated rings. The Morgan fingerprint density at radius 1 is 1.24 bits per heavy atom. The van der Waals surface area contributed by atoms with E-state index in [-0.39, 0.29) is 22.8 Å². The first-order valence-corrected chi connectivity index (χ1v) is 12.1. The van der Waals surface area contributed by atoms with Crippen LogP contribution in [0, 0.1) is 23.7 Å². The van der Waals surface area contributed by atoms with E-state index in [4.69, 9.17) is 25.8 Å². The van der Waals surface area contributed by atoms with Gasteiger partial charge in [0.2, 0.25) is 0 Å².